The maximum atomic E-state index is 12.7. The summed E-state index contributed by atoms with van der Waals surface area (Å²) in [6, 6.07) is 13.8. The first-order chi connectivity index (χ1) is 12.1. The van der Waals surface area contributed by atoms with Crippen LogP contribution < -0.4 is 11.1 Å². The zero-order valence-electron chi connectivity index (χ0n) is 13.7. The van der Waals surface area contributed by atoms with Crippen molar-refractivity contribution in [3.8, 4) is 0 Å². The molecule has 0 aromatic heterocycles. The highest BCUT2D eigenvalue weighted by molar-refractivity contribution is 6.30. The highest BCUT2D eigenvalue weighted by atomic mass is 35.5. The quantitative estimate of drug-likeness (QED) is 0.826. The molecule has 3 rings (SSSR count). The summed E-state index contributed by atoms with van der Waals surface area (Å²) in [6.45, 7) is 0.966. The van der Waals surface area contributed by atoms with Crippen molar-refractivity contribution in [2.24, 2.45) is 0 Å². The Morgan fingerprint density at radius 3 is 2.60 bits per heavy atom. The van der Waals surface area contributed by atoms with E-state index in [4.69, 9.17) is 17.3 Å². The summed E-state index contributed by atoms with van der Waals surface area (Å²) in [4.78, 5) is 26.9. The Balaban J connectivity index is 1.66. The summed E-state index contributed by atoms with van der Waals surface area (Å²) in [5, 5.41) is 3.56. The van der Waals surface area contributed by atoms with Crippen LogP contribution in [0.25, 0.3) is 0 Å². The van der Waals surface area contributed by atoms with Crippen LogP contribution in [0.15, 0.2) is 48.5 Å². The Morgan fingerprint density at radius 2 is 1.88 bits per heavy atom. The Kier molecular flexibility index (Phi) is 5.24. The van der Waals surface area contributed by atoms with E-state index in [1.54, 1.807) is 41.3 Å². The number of halogens is 1. The summed E-state index contributed by atoms with van der Waals surface area (Å²) < 4.78 is 0. The van der Waals surface area contributed by atoms with Crippen LogP contribution in [0.2, 0.25) is 5.02 Å². The lowest BCUT2D eigenvalue weighted by molar-refractivity contribution is -0.125. The molecule has 2 amide bonds. The normalized spacial score (nSPS) is 16.7. The monoisotopic (exact) mass is 357 g/mol. The number of likely N-dealkylation sites (tertiary alicyclic amines) is 1. The number of anilines is 1. The van der Waals surface area contributed by atoms with Crippen molar-refractivity contribution in [3.05, 3.63) is 64.7 Å². The van der Waals surface area contributed by atoms with Crippen LogP contribution in [0, 0.1) is 0 Å². The second kappa shape index (κ2) is 7.57. The molecule has 1 fully saturated rings. The van der Waals surface area contributed by atoms with E-state index in [9.17, 15) is 9.59 Å². The number of amides is 2. The number of carbonyl (C=O) groups is 2. The average molecular weight is 358 g/mol. The van der Waals surface area contributed by atoms with E-state index in [0.717, 1.165) is 12.0 Å². The Bertz CT molecular complexity index is 776. The fourth-order valence-corrected chi connectivity index (χ4v) is 3.16. The van der Waals surface area contributed by atoms with E-state index >= 15 is 0 Å². The van der Waals surface area contributed by atoms with Crippen LogP contribution in [-0.4, -0.2) is 29.3 Å². The minimum absolute atomic E-state index is 0.143. The van der Waals surface area contributed by atoms with E-state index in [1.165, 1.54) is 0 Å². The van der Waals surface area contributed by atoms with Gasteiger partial charge in [0.1, 0.15) is 6.04 Å². The second-order valence-electron chi connectivity index (χ2n) is 6.09. The molecule has 130 valence electrons. The third-order valence-corrected chi connectivity index (χ3v) is 4.64. The molecule has 25 heavy (non-hydrogen) atoms. The van der Waals surface area contributed by atoms with Crippen LogP contribution in [0.4, 0.5) is 5.69 Å². The van der Waals surface area contributed by atoms with Gasteiger partial charge in [-0.2, -0.15) is 0 Å². The first-order valence-corrected chi connectivity index (χ1v) is 8.61. The van der Waals surface area contributed by atoms with Crippen LogP contribution in [0.5, 0.6) is 0 Å². The molecule has 0 spiro atoms. The zero-order chi connectivity index (χ0) is 17.8. The van der Waals surface area contributed by atoms with Crippen LogP contribution >= 0.6 is 11.6 Å². The number of rotatable bonds is 4. The molecule has 6 heteroatoms. The molecule has 0 bridgehead atoms. The van der Waals surface area contributed by atoms with Gasteiger partial charge < -0.3 is 16.0 Å². The van der Waals surface area contributed by atoms with Gasteiger partial charge in [0.05, 0.1) is 5.56 Å². The first kappa shape index (κ1) is 17.3. The minimum Gasteiger partial charge on any atom is -0.398 e. The maximum absolute atomic E-state index is 12.7. The number of nitrogens with two attached hydrogens (primary N) is 1. The SMILES string of the molecule is Nc1ccccc1C(=O)N1CCC[C@H]1C(=O)NCc1ccc(Cl)cc1. The molecular weight excluding hydrogens is 338 g/mol. The summed E-state index contributed by atoms with van der Waals surface area (Å²) in [5.74, 6) is -0.336. The Morgan fingerprint density at radius 1 is 1.16 bits per heavy atom. The Labute approximate surface area is 151 Å². The zero-order valence-corrected chi connectivity index (χ0v) is 14.5. The van der Waals surface area contributed by atoms with Gasteiger partial charge in [-0.25, -0.2) is 0 Å². The summed E-state index contributed by atoms with van der Waals surface area (Å²) >= 11 is 5.86. The topological polar surface area (TPSA) is 75.4 Å². The smallest absolute Gasteiger partial charge is 0.256 e. The largest absolute Gasteiger partial charge is 0.398 e. The molecule has 5 nitrogen and oxygen atoms in total. The number of nitrogens with zero attached hydrogens (tertiary/aromatic N) is 1. The lowest BCUT2D eigenvalue weighted by Crippen LogP contribution is -2.45. The number of para-hydroxylation sites is 1. The van der Waals surface area contributed by atoms with Gasteiger partial charge in [0.15, 0.2) is 0 Å². The Hall–Kier alpha value is -2.53. The number of nitrogens with one attached hydrogen (secondary N) is 1. The molecule has 2 aromatic rings. The summed E-state index contributed by atoms with van der Waals surface area (Å²) in [5.41, 5.74) is 7.73. The third kappa shape index (κ3) is 3.94. The van der Waals surface area contributed by atoms with Crippen molar-refractivity contribution in [2.75, 3.05) is 12.3 Å². The van der Waals surface area contributed by atoms with Gasteiger partial charge in [0.25, 0.3) is 5.91 Å². The van der Waals surface area contributed by atoms with Crippen molar-refractivity contribution < 1.29 is 9.59 Å². The first-order valence-electron chi connectivity index (χ1n) is 8.24. The van der Waals surface area contributed by atoms with Gasteiger partial charge >= 0.3 is 0 Å². The molecule has 1 heterocycles. The van der Waals surface area contributed by atoms with E-state index in [-0.39, 0.29) is 11.8 Å². The number of benzene rings is 2. The molecule has 3 N–H and O–H groups in total. The molecule has 1 saturated heterocycles. The third-order valence-electron chi connectivity index (χ3n) is 4.39. The van der Waals surface area contributed by atoms with Crippen molar-refractivity contribution in [1.82, 2.24) is 10.2 Å². The van der Waals surface area contributed by atoms with Crippen molar-refractivity contribution in [1.29, 1.82) is 0 Å². The summed E-state index contributed by atoms with van der Waals surface area (Å²) in [7, 11) is 0. The predicted molar refractivity (Wildman–Crippen MR) is 98.2 cm³/mol. The predicted octanol–water partition coefficient (Wildman–Crippen LogP) is 2.84. The van der Waals surface area contributed by atoms with Crippen LogP contribution in [0.1, 0.15) is 28.8 Å². The molecule has 0 aliphatic carbocycles. The average Bonchev–Trinajstić information content (AvgIpc) is 3.10. The minimum atomic E-state index is -0.459. The van der Waals surface area contributed by atoms with Gasteiger partial charge in [0, 0.05) is 23.8 Å². The van der Waals surface area contributed by atoms with Gasteiger partial charge in [-0.15, -0.1) is 0 Å². The van der Waals surface area contributed by atoms with Crippen molar-refractivity contribution in [2.45, 2.75) is 25.4 Å². The highest BCUT2D eigenvalue weighted by Crippen LogP contribution is 2.23. The van der Waals surface area contributed by atoms with Gasteiger partial charge in [0.2, 0.25) is 5.91 Å². The van der Waals surface area contributed by atoms with Crippen molar-refractivity contribution in [3.63, 3.8) is 0 Å². The molecule has 1 aliphatic heterocycles. The lowest BCUT2D eigenvalue weighted by atomic mass is 10.1. The van der Waals surface area contributed by atoms with E-state index in [2.05, 4.69) is 5.32 Å². The van der Waals surface area contributed by atoms with E-state index in [1.807, 2.05) is 12.1 Å². The number of hydrogen-bond acceptors (Lipinski definition) is 3. The maximum Gasteiger partial charge on any atom is 0.256 e. The van der Waals surface area contributed by atoms with Gasteiger partial charge in [-0.3, -0.25) is 9.59 Å². The fourth-order valence-electron chi connectivity index (χ4n) is 3.04. The second-order valence-corrected chi connectivity index (χ2v) is 6.52. The van der Waals surface area contributed by atoms with E-state index in [0.29, 0.717) is 35.8 Å². The van der Waals surface area contributed by atoms with Crippen LogP contribution in [-0.2, 0) is 11.3 Å². The molecule has 0 radical (unpaired) electrons. The molecule has 0 saturated carbocycles. The summed E-state index contributed by atoms with van der Waals surface area (Å²) in [6.07, 6.45) is 1.46. The lowest BCUT2D eigenvalue weighted by Gasteiger charge is -2.24. The molecule has 1 atom stereocenters. The van der Waals surface area contributed by atoms with Gasteiger partial charge in [-0.1, -0.05) is 35.9 Å². The van der Waals surface area contributed by atoms with Crippen molar-refractivity contribution >= 4 is 29.1 Å². The number of carbonyl (C=O) groups excluding carboxylic acids is 2. The molecular formula is C19H20ClN3O2. The fraction of sp³-hybridized carbons (Fsp3) is 0.263. The van der Waals surface area contributed by atoms with Crippen LogP contribution in [0.3, 0.4) is 0 Å². The molecule has 2 aromatic carbocycles. The number of hydrogen-bond donors (Lipinski definition) is 2. The highest BCUT2D eigenvalue weighted by Gasteiger charge is 2.34. The molecule has 1 aliphatic rings. The standard InChI is InChI=1S/C19H20ClN3O2/c20-14-9-7-13(8-10-14)12-22-18(24)17-6-3-11-23(17)19(25)15-4-1-2-5-16(15)21/h1-2,4-5,7-10,17H,3,6,11-12,21H2,(H,22,24)/t17-/m0/s1. The molecule has 0 unspecified atom stereocenters. The van der Waals surface area contributed by atoms with E-state index < -0.39 is 6.04 Å². The van der Waals surface area contributed by atoms with Gasteiger partial charge in [-0.05, 0) is 42.7 Å². The number of nitrogen functional groups attached to an aromatic ring is 1.